The molecule has 16 heavy (non-hydrogen) atoms. The van der Waals surface area contributed by atoms with Crippen molar-refractivity contribution in [3.63, 3.8) is 0 Å². The molecule has 1 amide bonds. The van der Waals surface area contributed by atoms with Crippen molar-refractivity contribution in [2.24, 2.45) is 0 Å². The average molecular weight is 242 g/mol. The fourth-order valence-corrected chi connectivity index (χ4v) is 1.20. The van der Waals surface area contributed by atoms with Gasteiger partial charge in [-0.15, -0.1) is 0 Å². The maximum absolute atomic E-state index is 12.4. The van der Waals surface area contributed by atoms with Crippen LogP contribution in [-0.4, -0.2) is 49.3 Å². The van der Waals surface area contributed by atoms with E-state index in [9.17, 15) is 22.4 Å². The zero-order valence-corrected chi connectivity index (χ0v) is 8.85. The number of halogens is 4. The molecule has 3 nitrogen and oxygen atoms in total. The zero-order chi connectivity index (χ0) is 12.3. The lowest BCUT2D eigenvalue weighted by Crippen LogP contribution is -2.43. The predicted octanol–water partition coefficient (Wildman–Crippen LogP) is 1.10. The van der Waals surface area contributed by atoms with Crippen molar-refractivity contribution in [2.75, 3.05) is 20.1 Å². The Bertz CT molecular complexity index is 256. The second-order valence-corrected chi connectivity index (χ2v) is 3.90. The van der Waals surface area contributed by atoms with Gasteiger partial charge in [0.1, 0.15) is 0 Å². The fourth-order valence-electron chi connectivity index (χ4n) is 1.20. The van der Waals surface area contributed by atoms with Gasteiger partial charge in [-0.25, -0.2) is 8.78 Å². The Kier molecular flexibility index (Phi) is 4.12. The Morgan fingerprint density at radius 1 is 1.50 bits per heavy atom. The highest BCUT2D eigenvalue weighted by Crippen LogP contribution is 2.25. The number of likely N-dealkylation sites (N-methyl/N-ethyl adjacent to an activating group) is 1. The maximum Gasteiger partial charge on any atom is 0.319 e. The van der Waals surface area contributed by atoms with Gasteiger partial charge in [0.15, 0.2) is 0 Å². The highest BCUT2D eigenvalue weighted by Gasteiger charge is 2.40. The van der Waals surface area contributed by atoms with Gasteiger partial charge in [-0.1, -0.05) is 0 Å². The molecule has 0 aliphatic heterocycles. The molecule has 0 aromatic carbocycles. The zero-order valence-electron chi connectivity index (χ0n) is 8.85. The van der Waals surface area contributed by atoms with Crippen LogP contribution in [0.3, 0.4) is 0 Å². The van der Waals surface area contributed by atoms with Gasteiger partial charge in [0.05, 0.1) is 13.1 Å². The van der Waals surface area contributed by atoms with Crippen LogP contribution in [-0.2, 0) is 4.79 Å². The van der Waals surface area contributed by atoms with Crippen molar-refractivity contribution in [1.82, 2.24) is 10.2 Å². The first-order chi connectivity index (χ1) is 7.34. The van der Waals surface area contributed by atoms with Gasteiger partial charge >= 0.3 is 12.3 Å². The molecule has 0 saturated heterocycles. The molecule has 7 heteroatoms. The molecule has 0 atom stereocenters. The number of nitrogens with one attached hydrogen (secondary N) is 1. The van der Waals surface area contributed by atoms with Crippen LogP contribution in [0.1, 0.15) is 12.8 Å². The van der Waals surface area contributed by atoms with Crippen LogP contribution in [0, 0.1) is 0 Å². The third-order valence-corrected chi connectivity index (χ3v) is 2.44. The first-order valence-corrected chi connectivity index (χ1v) is 4.97. The Morgan fingerprint density at radius 3 is 2.50 bits per heavy atom. The number of hydrogen-bond acceptors (Lipinski definition) is 2. The molecular weight excluding hydrogens is 228 g/mol. The molecule has 1 N–H and O–H groups in total. The number of amides is 1. The molecule has 0 radical (unpaired) electrons. The molecule has 0 heterocycles. The van der Waals surface area contributed by atoms with Gasteiger partial charge in [0.2, 0.25) is 5.91 Å². The number of hydrogen-bond donors (Lipinski definition) is 1. The number of nitrogens with zero attached hydrogens (tertiary/aromatic N) is 1. The summed E-state index contributed by atoms with van der Waals surface area (Å²) in [6.45, 7) is -1.52. The van der Waals surface area contributed by atoms with Crippen molar-refractivity contribution >= 4 is 5.91 Å². The van der Waals surface area contributed by atoms with E-state index in [4.69, 9.17) is 0 Å². The lowest BCUT2D eigenvalue weighted by Gasteiger charge is -2.19. The topological polar surface area (TPSA) is 32.3 Å². The number of rotatable bonds is 6. The smallest absolute Gasteiger partial charge is 0.319 e. The second-order valence-electron chi connectivity index (χ2n) is 3.90. The number of carbonyl (C=O) groups is 1. The Morgan fingerprint density at radius 2 is 2.06 bits per heavy atom. The summed E-state index contributed by atoms with van der Waals surface area (Å²) in [5.74, 6) is -4.44. The van der Waals surface area contributed by atoms with Gasteiger partial charge in [0.25, 0.3) is 0 Å². The van der Waals surface area contributed by atoms with Crippen LogP contribution in [0.4, 0.5) is 17.6 Å². The molecule has 1 saturated carbocycles. The standard InChI is InChI=1S/C9H14F4N2O/c1-15(6-2-3-6)7(16)4-14-5-9(12,13)8(10)11/h6,8,14H,2-5H2,1H3. The summed E-state index contributed by atoms with van der Waals surface area (Å²) < 4.78 is 48.4. The maximum atomic E-state index is 12.4. The van der Waals surface area contributed by atoms with E-state index in [1.54, 1.807) is 7.05 Å². The van der Waals surface area contributed by atoms with E-state index in [0.717, 1.165) is 12.8 Å². The second kappa shape index (κ2) is 4.99. The first kappa shape index (κ1) is 13.2. The quantitative estimate of drug-likeness (QED) is 0.707. The summed E-state index contributed by atoms with van der Waals surface area (Å²) in [5.41, 5.74) is 0. The Labute approximate surface area is 90.8 Å². The Hall–Kier alpha value is -0.850. The summed E-state index contributed by atoms with van der Waals surface area (Å²) >= 11 is 0. The SMILES string of the molecule is CN(C(=O)CNCC(F)(F)C(F)F)C1CC1. The molecule has 1 rings (SSSR count). The van der Waals surface area contributed by atoms with Crippen molar-refractivity contribution in [1.29, 1.82) is 0 Å². The Balaban J connectivity index is 2.21. The average Bonchev–Trinajstić information content (AvgIpc) is 2.99. The fraction of sp³-hybridized carbons (Fsp3) is 0.889. The molecular formula is C9H14F4N2O. The van der Waals surface area contributed by atoms with Gasteiger partial charge in [-0.2, -0.15) is 8.78 Å². The molecule has 1 aliphatic carbocycles. The van der Waals surface area contributed by atoms with Gasteiger partial charge in [0, 0.05) is 13.1 Å². The molecule has 0 aromatic heterocycles. The van der Waals surface area contributed by atoms with E-state index >= 15 is 0 Å². The monoisotopic (exact) mass is 242 g/mol. The molecule has 1 fully saturated rings. The van der Waals surface area contributed by atoms with Gasteiger partial charge < -0.3 is 10.2 Å². The van der Waals surface area contributed by atoms with Crippen LogP contribution >= 0.6 is 0 Å². The van der Waals surface area contributed by atoms with E-state index in [2.05, 4.69) is 0 Å². The van der Waals surface area contributed by atoms with Crippen LogP contribution in [0.2, 0.25) is 0 Å². The lowest BCUT2D eigenvalue weighted by molar-refractivity contribution is -0.133. The number of carbonyl (C=O) groups excluding carboxylic acids is 1. The van der Waals surface area contributed by atoms with E-state index in [-0.39, 0.29) is 18.5 Å². The van der Waals surface area contributed by atoms with Crippen LogP contribution < -0.4 is 5.32 Å². The third-order valence-electron chi connectivity index (χ3n) is 2.44. The van der Waals surface area contributed by atoms with Crippen LogP contribution in [0.25, 0.3) is 0 Å². The largest absolute Gasteiger partial charge is 0.342 e. The van der Waals surface area contributed by atoms with Crippen molar-refractivity contribution < 1.29 is 22.4 Å². The summed E-state index contributed by atoms with van der Waals surface area (Å²) in [4.78, 5) is 12.8. The minimum absolute atomic E-state index is 0.185. The van der Waals surface area contributed by atoms with E-state index in [1.165, 1.54) is 4.90 Å². The summed E-state index contributed by atoms with van der Waals surface area (Å²) in [6.07, 6.45) is -1.89. The van der Waals surface area contributed by atoms with Gasteiger partial charge in [-0.3, -0.25) is 4.79 Å². The van der Waals surface area contributed by atoms with E-state index in [0.29, 0.717) is 0 Å². The summed E-state index contributed by atoms with van der Waals surface area (Å²) in [6, 6.07) is 0.185. The van der Waals surface area contributed by atoms with Crippen molar-refractivity contribution in [2.45, 2.75) is 31.2 Å². The third kappa shape index (κ3) is 3.62. The predicted molar refractivity (Wildman–Crippen MR) is 49.6 cm³/mol. The molecule has 94 valence electrons. The van der Waals surface area contributed by atoms with Gasteiger partial charge in [-0.05, 0) is 12.8 Å². The van der Waals surface area contributed by atoms with E-state index < -0.39 is 18.9 Å². The molecule has 0 bridgehead atoms. The molecule has 0 spiro atoms. The lowest BCUT2D eigenvalue weighted by atomic mass is 10.3. The summed E-state index contributed by atoms with van der Waals surface area (Å²) in [7, 11) is 1.58. The van der Waals surface area contributed by atoms with Crippen LogP contribution in [0.15, 0.2) is 0 Å². The highest BCUT2D eigenvalue weighted by atomic mass is 19.3. The van der Waals surface area contributed by atoms with Crippen molar-refractivity contribution in [3.8, 4) is 0 Å². The van der Waals surface area contributed by atoms with E-state index in [1.807, 2.05) is 5.32 Å². The number of alkyl halides is 4. The summed E-state index contributed by atoms with van der Waals surface area (Å²) in [5, 5.41) is 2.05. The minimum atomic E-state index is -4.08. The van der Waals surface area contributed by atoms with Crippen molar-refractivity contribution in [3.05, 3.63) is 0 Å². The van der Waals surface area contributed by atoms with Crippen LogP contribution in [0.5, 0.6) is 0 Å². The molecule has 0 unspecified atom stereocenters. The highest BCUT2D eigenvalue weighted by molar-refractivity contribution is 5.78. The molecule has 1 aliphatic rings. The minimum Gasteiger partial charge on any atom is -0.342 e. The first-order valence-electron chi connectivity index (χ1n) is 4.97. The molecule has 0 aromatic rings. The normalized spacial score (nSPS) is 16.6.